The quantitative estimate of drug-likeness (QED) is 0.259. The number of esters is 2. The van der Waals surface area contributed by atoms with Crippen LogP contribution in [0.3, 0.4) is 0 Å². The molecular formula is C15H23NO5. The van der Waals surface area contributed by atoms with Gasteiger partial charge in [0.15, 0.2) is 0 Å². The molecule has 0 saturated carbocycles. The van der Waals surface area contributed by atoms with E-state index in [0.29, 0.717) is 0 Å². The van der Waals surface area contributed by atoms with E-state index in [1.807, 2.05) is 4.90 Å². The van der Waals surface area contributed by atoms with Crippen molar-refractivity contribution < 1.29 is 24.2 Å². The molecule has 1 fully saturated rings. The number of carbonyl (C=O) groups excluding carboxylic acids is 2. The van der Waals surface area contributed by atoms with Gasteiger partial charge in [0.05, 0.1) is 19.3 Å². The Balaban J connectivity index is 2.68. The minimum Gasteiger partial charge on any atom is -0.462 e. The molecule has 0 radical (unpaired) electrons. The van der Waals surface area contributed by atoms with Crippen LogP contribution in [0.25, 0.3) is 0 Å². The third-order valence-corrected chi connectivity index (χ3v) is 3.05. The first-order chi connectivity index (χ1) is 10.1. The van der Waals surface area contributed by atoms with Crippen LogP contribution in [0.4, 0.5) is 0 Å². The van der Waals surface area contributed by atoms with Crippen LogP contribution < -0.4 is 0 Å². The van der Waals surface area contributed by atoms with E-state index >= 15 is 0 Å². The average molecular weight is 297 g/mol. The van der Waals surface area contributed by atoms with Gasteiger partial charge in [-0.15, -0.1) is 0 Å². The molecule has 0 aromatic carbocycles. The highest BCUT2D eigenvalue weighted by Gasteiger charge is 2.20. The Hall–Kier alpha value is -1.82. The number of piperidine rings is 1. The Bertz CT molecular complexity index is 388. The summed E-state index contributed by atoms with van der Waals surface area (Å²) >= 11 is 0. The maximum atomic E-state index is 11.7. The average Bonchev–Trinajstić information content (AvgIpc) is 2.46. The predicted octanol–water partition coefficient (Wildman–Crippen LogP) is 1.01. The smallest absolute Gasteiger partial charge is 0.345 e. The van der Waals surface area contributed by atoms with Crippen LogP contribution in [0.2, 0.25) is 0 Å². The first-order valence-electron chi connectivity index (χ1n) is 7.23. The Kier molecular flexibility index (Phi) is 7.53. The summed E-state index contributed by atoms with van der Waals surface area (Å²) in [6, 6.07) is 0. The van der Waals surface area contributed by atoms with Crippen molar-refractivity contribution in [3.8, 4) is 0 Å². The second-order valence-corrected chi connectivity index (χ2v) is 4.63. The maximum Gasteiger partial charge on any atom is 0.345 e. The summed E-state index contributed by atoms with van der Waals surface area (Å²) in [7, 11) is 0. The molecule has 0 aromatic rings. The Morgan fingerprint density at radius 2 is 1.67 bits per heavy atom. The van der Waals surface area contributed by atoms with Crippen molar-refractivity contribution >= 4 is 11.9 Å². The highest BCUT2D eigenvalue weighted by Crippen LogP contribution is 2.10. The van der Waals surface area contributed by atoms with Crippen molar-refractivity contribution in [3.05, 3.63) is 23.9 Å². The summed E-state index contributed by atoms with van der Waals surface area (Å²) in [5, 5.41) is 9.42. The molecule has 118 valence electrons. The van der Waals surface area contributed by atoms with Gasteiger partial charge in [0.1, 0.15) is 5.57 Å². The Morgan fingerprint density at radius 3 is 2.14 bits per heavy atom. The van der Waals surface area contributed by atoms with E-state index in [2.05, 4.69) is 0 Å². The van der Waals surface area contributed by atoms with E-state index in [1.54, 1.807) is 26.1 Å². The van der Waals surface area contributed by atoms with Crippen molar-refractivity contribution in [1.82, 2.24) is 4.90 Å². The fourth-order valence-electron chi connectivity index (χ4n) is 1.93. The number of hydrogen-bond acceptors (Lipinski definition) is 6. The minimum atomic E-state index is -0.685. The number of aliphatic hydroxyl groups is 1. The van der Waals surface area contributed by atoms with Gasteiger partial charge in [0.2, 0.25) is 0 Å². The number of rotatable bonds is 6. The fraction of sp³-hybridized carbons (Fsp3) is 0.600. The van der Waals surface area contributed by atoms with Gasteiger partial charge in [-0.05, 0) is 45.0 Å². The number of ether oxygens (including phenoxy) is 2. The molecule has 1 rings (SSSR count). The minimum absolute atomic E-state index is 0.119. The molecule has 1 aliphatic rings. The molecule has 0 atom stereocenters. The van der Waals surface area contributed by atoms with Crippen molar-refractivity contribution in [3.63, 3.8) is 0 Å². The van der Waals surface area contributed by atoms with Gasteiger partial charge in [-0.25, -0.2) is 9.59 Å². The van der Waals surface area contributed by atoms with Gasteiger partial charge >= 0.3 is 11.9 Å². The molecule has 0 aliphatic carbocycles. The number of nitrogens with zero attached hydrogens (tertiary/aromatic N) is 1. The van der Waals surface area contributed by atoms with Gasteiger partial charge in [-0.1, -0.05) is 0 Å². The van der Waals surface area contributed by atoms with Crippen molar-refractivity contribution in [2.45, 2.75) is 32.8 Å². The normalized spacial score (nSPS) is 15.9. The van der Waals surface area contributed by atoms with Crippen LogP contribution in [-0.4, -0.2) is 54.4 Å². The number of carbonyl (C=O) groups is 2. The molecule has 0 aromatic heterocycles. The largest absolute Gasteiger partial charge is 0.462 e. The van der Waals surface area contributed by atoms with Gasteiger partial charge < -0.3 is 19.5 Å². The standard InChI is InChI=1S/C15H23NO5/c1-3-20-14(18)13(15(19)21-4-2)6-5-9-16-10-7-12(17)8-11-16/h5-6,9,12,17H,3-4,7-8,10-11H2,1-2H3. The molecular weight excluding hydrogens is 274 g/mol. The highest BCUT2D eigenvalue weighted by atomic mass is 16.6. The molecule has 1 N–H and O–H groups in total. The lowest BCUT2D eigenvalue weighted by molar-refractivity contribution is -0.146. The maximum absolute atomic E-state index is 11.7. The van der Waals surface area contributed by atoms with Gasteiger partial charge in [-0.3, -0.25) is 0 Å². The highest BCUT2D eigenvalue weighted by molar-refractivity contribution is 6.14. The lowest BCUT2D eigenvalue weighted by Crippen LogP contribution is -2.31. The lowest BCUT2D eigenvalue weighted by Gasteiger charge is -2.28. The Morgan fingerprint density at radius 1 is 1.14 bits per heavy atom. The molecule has 1 heterocycles. The molecule has 0 unspecified atom stereocenters. The van der Waals surface area contributed by atoms with E-state index in [0.717, 1.165) is 25.9 Å². The van der Waals surface area contributed by atoms with E-state index in [-0.39, 0.29) is 24.9 Å². The van der Waals surface area contributed by atoms with Gasteiger partial charge in [0, 0.05) is 13.1 Å². The molecule has 0 amide bonds. The molecule has 21 heavy (non-hydrogen) atoms. The second kappa shape index (κ2) is 9.18. The lowest BCUT2D eigenvalue weighted by atomic mass is 10.1. The number of aliphatic hydroxyl groups excluding tert-OH is 1. The van der Waals surface area contributed by atoms with Crippen LogP contribution in [0, 0.1) is 0 Å². The van der Waals surface area contributed by atoms with E-state index in [4.69, 9.17) is 9.47 Å². The summed E-state index contributed by atoms with van der Waals surface area (Å²) in [4.78, 5) is 25.5. The summed E-state index contributed by atoms with van der Waals surface area (Å²) < 4.78 is 9.68. The van der Waals surface area contributed by atoms with Crippen molar-refractivity contribution in [2.75, 3.05) is 26.3 Å². The van der Waals surface area contributed by atoms with Crippen molar-refractivity contribution in [2.24, 2.45) is 0 Å². The molecule has 6 heteroatoms. The van der Waals surface area contributed by atoms with E-state index in [9.17, 15) is 14.7 Å². The summed E-state index contributed by atoms with van der Waals surface area (Å²) in [6.07, 6.45) is 6.03. The van der Waals surface area contributed by atoms with Crippen LogP contribution in [0.5, 0.6) is 0 Å². The molecule has 1 aliphatic heterocycles. The Labute approximate surface area is 125 Å². The van der Waals surface area contributed by atoms with E-state index < -0.39 is 11.9 Å². The van der Waals surface area contributed by atoms with Crippen LogP contribution >= 0.6 is 0 Å². The second-order valence-electron chi connectivity index (χ2n) is 4.63. The summed E-state index contributed by atoms with van der Waals surface area (Å²) in [5.41, 5.74) is -0.119. The molecule has 0 bridgehead atoms. The topological polar surface area (TPSA) is 76.1 Å². The first-order valence-corrected chi connectivity index (χ1v) is 7.23. The van der Waals surface area contributed by atoms with Crippen LogP contribution in [0.15, 0.2) is 23.9 Å². The molecule has 1 saturated heterocycles. The fourth-order valence-corrected chi connectivity index (χ4v) is 1.93. The summed E-state index contributed by atoms with van der Waals surface area (Å²) in [5.74, 6) is -1.37. The SMILES string of the molecule is CCOC(=O)C(=CC=CN1CCC(O)CC1)C(=O)OCC. The zero-order valence-electron chi connectivity index (χ0n) is 12.6. The predicted molar refractivity (Wildman–Crippen MR) is 77.3 cm³/mol. The number of allylic oxidation sites excluding steroid dienone is 2. The van der Waals surface area contributed by atoms with Gasteiger partial charge in [0.25, 0.3) is 0 Å². The van der Waals surface area contributed by atoms with Gasteiger partial charge in [-0.2, -0.15) is 0 Å². The monoisotopic (exact) mass is 297 g/mol. The number of hydrogen-bond donors (Lipinski definition) is 1. The third kappa shape index (κ3) is 5.99. The van der Waals surface area contributed by atoms with Crippen LogP contribution in [0.1, 0.15) is 26.7 Å². The molecule has 6 nitrogen and oxygen atoms in total. The zero-order valence-corrected chi connectivity index (χ0v) is 12.6. The number of likely N-dealkylation sites (tertiary alicyclic amines) is 1. The molecule has 0 spiro atoms. The first kappa shape index (κ1) is 17.2. The summed E-state index contributed by atoms with van der Waals surface area (Å²) in [6.45, 7) is 5.25. The zero-order chi connectivity index (χ0) is 15.7. The van der Waals surface area contributed by atoms with Crippen molar-refractivity contribution in [1.29, 1.82) is 0 Å². The van der Waals surface area contributed by atoms with E-state index in [1.165, 1.54) is 6.08 Å². The third-order valence-electron chi connectivity index (χ3n) is 3.05. The van der Waals surface area contributed by atoms with Crippen LogP contribution in [-0.2, 0) is 19.1 Å².